The Labute approximate surface area is 223 Å². The largest absolute Gasteiger partial charge is 0.439 e. The lowest BCUT2D eigenvalue weighted by molar-refractivity contribution is -0.149. The minimum atomic E-state index is -1.06. The van der Waals surface area contributed by atoms with E-state index in [2.05, 4.69) is 49.5 Å². The summed E-state index contributed by atoms with van der Waals surface area (Å²) in [6.45, 7) is 4.30. The lowest BCUT2D eigenvalue weighted by Gasteiger charge is -2.55. The fourth-order valence-electron chi connectivity index (χ4n) is 6.19. The molecule has 0 unspecified atom stereocenters. The zero-order chi connectivity index (χ0) is 26.3. The van der Waals surface area contributed by atoms with E-state index in [1.807, 2.05) is 72.8 Å². The predicted molar refractivity (Wildman–Crippen MR) is 148 cm³/mol. The van der Waals surface area contributed by atoms with Crippen molar-refractivity contribution in [2.45, 2.75) is 50.4 Å². The Kier molecular flexibility index (Phi) is 6.15. The van der Waals surface area contributed by atoms with Gasteiger partial charge in [0.1, 0.15) is 11.6 Å². The number of fused-ring (bicyclic) bond motifs is 1. The van der Waals surface area contributed by atoms with Gasteiger partial charge in [0.25, 0.3) is 0 Å². The Hall–Kier alpha value is -4.12. The number of cyclic esters (lactones) is 1. The lowest BCUT2D eigenvalue weighted by atomic mass is 9.70. The molecule has 0 saturated carbocycles. The van der Waals surface area contributed by atoms with Crippen LogP contribution in [0.1, 0.15) is 49.1 Å². The van der Waals surface area contributed by atoms with E-state index in [1.165, 1.54) is 0 Å². The molecule has 2 saturated heterocycles. The molecule has 2 amide bonds. The van der Waals surface area contributed by atoms with Crippen LogP contribution >= 0.6 is 0 Å². The molecule has 6 rings (SSSR count). The van der Waals surface area contributed by atoms with E-state index in [-0.39, 0.29) is 11.9 Å². The average Bonchev–Trinajstić information content (AvgIpc) is 3.29. The number of benzene rings is 4. The van der Waals surface area contributed by atoms with Crippen molar-refractivity contribution < 1.29 is 14.3 Å². The number of nitrogens with zero attached hydrogens (tertiary/aromatic N) is 1. The van der Waals surface area contributed by atoms with E-state index >= 15 is 0 Å². The first-order valence-electron chi connectivity index (χ1n) is 13.4. The van der Waals surface area contributed by atoms with E-state index in [0.29, 0.717) is 12.3 Å². The summed E-state index contributed by atoms with van der Waals surface area (Å²) in [7, 11) is 0. The topological polar surface area (TPSA) is 58.6 Å². The van der Waals surface area contributed by atoms with Crippen molar-refractivity contribution >= 4 is 22.8 Å². The van der Waals surface area contributed by atoms with E-state index in [9.17, 15) is 9.59 Å². The third-order valence-electron chi connectivity index (χ3n) is 7.96. The summed E-state index contributed by atoms with van der Waals surface area (Å²) in [6.07, 6.45) is 0.214. The molecule has 0 bridgehead atoms. The number of hydrogen-bond acceptors (Lipinski definition) is 3. The number of hydrogen-bond donors (Lipinski definition) is 1. The summed E-state index contributed by atoms with van der Waals surface area (Å²) in [5, 5.41) is 5.42. The van der Waals surface area contributed by atoms with Gasteiger partial charge < -0.3 is 10.1 Å². The smallest absolute Gasteiger partial charge is 0.412 e. The molecule has 0 aromatic heterocycles. The zero-order valence-electron chi connectivity index (χ0n) is 21.7. The maximum atomic E-state index is 13.9. The maximum Gasteiger partial charge on any atom is 0.412 e. The summed E-state index contributed by atoms with van der Waals surface area (Å²) < 4.78 is 6.13. The van der Waals surface area contributed by atoms with Gasteiger partial charge in [-0.2, -0.15) is 0 Å². The number of carbonyl (C=O) groups is 2. The van der Waals surface area contributed by atoms with Gasteiger partial charge in [0.2, 0.25) is 5.91 Å². The molecule has 2 aliphatic heterocycles. The summed E-state index contributed by atoms with van der Waals surface area (Å²) in [4.78, 5) is 29.5. The molecular formula is C33H32N2O3. The lowest BCUT2D eigenvalue weighted by Crippen LogP contribution is -2.80. The molecule has 5 nitrogen and oxygen atoms in total. The SMILES string of the molecule is CC(C)C[C@H]1NC(=O)[C@@]1(Cc1ccc2ccccc2c1)N1C(=O)O[C@H](c2ccccc2)[C@@H]1c1ccccc1. The zero-order valence-corrected chi connectivity index (χ0v) is 21.7. The van der Waals surface area contributed by atoms with Crippen molar-refractivity contribution in [3.63, 3.8) is 0 Å². The molecule has 2 aliphatic rings. The monoisotopic (exact) mass is 504 g/mol. The third kappa shape index (κ3) is 4.03. The quantitative estimate of drug-likeness (QED) is 0.289. The van der Waals surface area contributed by atoms with Crippen LogP contribution < -0.4 is 5.32 Å². The Bertz CT molecular complexity index is 1470. The number of β-lactam (4-membered cyclic amide) rings is 1. The molecule has 4 atom stereocenters. The Balaban J connectivity index is 1.50. The van der Waals surface area contributed by atoms with Crippen LogP contribution in [0, 0.1) is 5.92 Å². The molecule has 0 spiro atoms. The second-order valence-electron chi connectivity index (χ2n) is 10.9. The molecular weight excluding hydrogens is 472 g/mol. The second kappa shape index (κ2) is 9.64. The third-order valence-corrected chi connectivity index (χ3v) is 7.96. The number of ether oxygens (including phenoxy) is 1. The molecule has 0 aliphatic carbocycles. The van der Waals surface area contributed by atoms with E-state index < -0.39 is 23.8 Å². The molecule has 4 aromatic rings. The van der Waals surface area contributed by atoms with Crippen LogP contribution in [0.25, 0.3) is 10.8 Å². The minimum absolute atomic E-state index is 0.122. The minimum Gasteiger partial charge on any atom is -0.439 e. The van der Waals surface area contributed by atoms with Crippen molar-refractivity contribution in [1.82, 2.24) is 10.2 Å². The van der Waals surface area contributed by atoms with Gasteiger partial charge in [-0.3, -0.25) is 9.69 Å². The van der Waals surface area contributed by atoms with Gasteiger partial charge in [-0.15, -0.1) is 0 Å². The molecule has 2 fully saturated rings. The van der Waals surface area contributed by atoms with Gasteiger partial charge in [0.15, 0.2) is 6.10 Å². The van der Waals surface area contributed by atoms with Crippen LogP contribution in [0.15, 0.2) is 103 Å². The number of rotatable bonds is 7. The number of nitrogens with one attached hydrogen (secondary N) is 1. The molecule has 38 heavy (non-hydrogen) atoms. The van der Waals surface area contributed by atoms with Crippen LogP contribution in [0.4, 0.5) is 4.79 Å². The van der Waals surface area contributed by atoms with Crippen molar-refractivity contribution in [3.8, 4) is 0 Å². The van der Waals surface area contributed by atoms with Crippen molar-refractivity contribution in [3.05, 3.63) is 120 Å². The van der Waals surface area contributed by atoms with Crippen LogP contribution in [-0.4, -0.2) is 28.5 Å². The Morgan fingerprint density at radius 3 is 2.11 bits per heavy atom. The molecule has 4 aromatic carbocycles. The summed E-state index contributed by atoms with van der Waals surface area (Å²) in [5.41, 5.74) is 1.83. The number of carbonyl (C=O) groups excluding carboxylic acids is 2. The predicted octanol–water partition coefficient (Wildman–Crippen LogP) is 6.60. The van der Waals surface area contributed by atoms with Gasteiger partial charge in [0, 0.05) is 6.42 Å². The van der Waals surface area contributed by atoms with Gasteiger partial charge in [-0.25, -0.2) is 4.79 Å². The van der Waals surface area contributed by atoms with E-state index in [1.54, 1.807) is 4.90 Å². The van der Waals surface area contributed by atoms with Crippen molar-refractivity contribution in [2.24, 2.45) is 5.92 Å². The van der Waals surface area contributed by atoms with Crippen molar-refractivity contribution in [1.29, 1.82) is 0 Å². The fourth-order valence-corrected chi connectivity index (χ4v) is 6.19. The Morgan fingerprint density at radius 1 is 0.816 bits per heavy atom. The normalized spacial score (nSPS) is 24.8. The average molecular weight is 505 g/mol. The molecule has 192 valence electrons. The maximum absolute atomic E-state index is 13.9. The van der Waals surface area contributed by atoms with Gasteiger partial charge in [-0.05, 0) is 39.8 Å². The fraction of sp³-hybridized carbons (Fsp3) is 0.273. The first-order valence-corrected chi connectivity index (χ1v) is 13.4. The van der Waals surface area contributed by atoms with Crippen molar-refractivity contribution in [2.75, 3.05) is 0 Å². The van der Waals surface area contributed by atoms with E-state index in [4.69, 9.17) is 4.74 Å². The van der Waals surface area contributed by atoms with Gasteiger partial charge >= 0.3 is 6.09 Å². The van der Waals surface area contributed by atoms with Gasteiger partial charge in [0.05, 0.1) is 6.04 Å². The van der Waals surface area contributed by atoms with E-state index in [0.717, 1.165) is 33.9 Å². The van der Waals surface area contributed by atoms with Crippen LogP contribution in [0.2, 0.25) is 0 Å². The van der Waals surface area contributed by atoms with Crippen LogP contribution in [0.5, 0.6) is 0 Å². The first kappa shape index (κ1) is 24.2. The molecule has 2 heterocycles. The highest BCUT2D eigenvalue weighted by Crippen LogP contribution is 2.50. The first-order chi connectivity index (χ1) is 18.5. The highest BCUT2D eigenvalue weighted by atomic mass is 16.6. The van der Waals surface area contributed by atoms with Crippen LogP contribution in [0.3, 0.4) is 0 Å². The molecule has 0 radical (unpaired) electrons. The summed E-state index contributed by atoms with van der Waals surface area (Å²) in [5.74, 6) is 0.221. The highest BCUT2D eigenvalue weighted by Gasteiger charge is 2.65. The molecule has 5 heteroatoms. The van der Waals surface area contributed by atoms with Crippen LogP contribution in [-0.2, 0) is 16.0 Å². The van der Waals surface area contributed by atoms with Gasteiger partial charge in [-0.1, -0.05) is 117 Å². The summed E-state index contributed by atoms with van der Waals surface area (Å²) in [6, 6.07) is 33.7. The standard InChI is InChI=1S/C33H32N2O3/c1-22(2)19-28-33(31(36)34-28,21-23-17-18-24-11-9-10-16-27(24)20-23)35-29(25-12-5-3-6-13-25)30(38-32(35)37)26-14-7-4-8-15-26/h3-18,20,22,28-30H,19,21H2,1-2H3,(H,34,36)/t28-,29+,30-,33+/m1/s1. The highest BCUT2D eigenvalue weighted by molar-refractivity contribution is 5.98. The Morgan fingerprint density at radius 2 is 1.45 bits per heavy atom. The second-order valence-corrected chi connectivity index (χ2v) is 10.9. The number of amides is 2. The molecule has 1 N–H and O–H groups in total. The summed E-state index contributed by atoms with van der Waals surface area (Å²) >= 11 is 0.